The van der Waals surface area contributed by atoms with Crippen molar-refractivity contribution in [3.8, 4) is 5.82 Å². The zero-order chi connectivity index (χ0) is 16.4. The monoisotopic (exact) mass is 310 g/mol. The van der Waals surface area contributed by atoms with Gasteiger partial charge in [0.25, 0.3) is 0 Å². The fourth-order valence-electron chi connectivity index (χ4n) is 2.33. The van der Waals surface area contributed by atoms with Crippen LogP contribution in [0.3, 0.4) is 0 Å². The second kappa shape index (κ2) is 5.93. The number of hydrazine groups is 1. The highest BCUT2D eigenvalue weighted by molar-refractivity contribution is 5.68. The summed E-state index contributed by atoms with van der Waals surface area (Å²) in [6.45, 7) is 2.01. The Morgan fingerprint density at radius 1 is 1.26 bits per heavy atom. The normalized spacial score (nSPS) is 10.7. The molecule has 0 aliphatic rings. The summed E-state index contributed by atoms with van der Waals surface area (Å²) in [4.78, 5) is 8.35. The predicted octanol–water partition coefficient (Wildman–Crippen LogP) is 1.01. The first kappa shape index (κ1) is 14.8. The number of nitrogens with one attached hydrogen (secondary N) is 1. The quantitative estimate of drug-likeness (QED) is 0.417. The van der Waals surface area contributed by atoms with Crippen LogP contribution in [0.15, 0.2) is 36.8 Å². The van der Waals surface area contributed by atoms with E-state index >= 15 is 0 Å². The van der Waals surface area contributed by atoms with Crippen molar-refractivity contribution in [1.29, 1.82) is 0 Å². The van der Waals surface area contributed by atoms with Crippen molar-refractivity contribution in [2.45, 2.75) is 13.3 Å². The molecule has 0 aliphatic heterocycles. The maximum Gasteiger partial charge on any atom is 0.165 e. The average molecular weight is 310 g/mol. The highest BCUT2D eigenvalue weighted by atomic mass is 15.3. The topological polar surface area (TPSA) is 134 Å². The number of hydrogen-bond acceptors (Lipinski definition) is 7. The summed E-state index contributed by atoms with van der Waals surface area (Å²) in [5.41, 5.74) is 17.7. The van der Waals surface area contributed by atoms with Crippen molar-refractivity contribution in [2.75, 3.05) is 16.9 Å². The van der Waals surface area contributed by atoms with Gasteiger partial charge in [0.1, 0.15) is 5.82 Å². The van der Waals surface area contributed by atoms with Crippen LogP contribution in [0.2, 0.25) is 0 Å². The molecule has 3 heterocycles. The molecule has 0 aliphatic carbocycles. The van der Waals surface area contributed by atoms with Gasteiger partial charge in [-0.2, -0.15) is 5.10 Å². The summed E-state index contributed by atoms with van der Waals surface area (Å²) in [7, 11) is 0. The maximum atomic E-state index is 6.05. The zero-order valence-electron chi connectivity index (χ0n) is 12.7. The second-order valence-corrected chi connectivity index (χ2v) is 5.27. The molecule has 0 saturated heterocycles. The molecule has 3 rings (SSSR count). The number of nitrogen functional groups attached to an aromatic ring is 3. The van der Waals surface area contributed by atoms with Crippen LogP contribution in [0.25, 0.3) is 5.82 Å². The number of rotatable bonds is 4. The average Bonchev–Trinajstić information content (AvgIpc) is 2.99. The summed E-state index contributed by atoms with van der Waals surface area (Å²) in [6, 6.07) is 5.64. The van der Waals surface area contributed by atoms with Gasteiger partial charge in [0.15, 0.2) is 11.6 Å². The molecule has 8 heteroatoms. The summed E-state index contributed by atoms with van der Waals surface area (Å²) in [5.74, 6) is 6.89. The molecule has 0 spiro atoms. The molecular weight excluding hydrogens is 292 g/mol. The van der Waals surface area contributed by atoms with Crippen LogP contribution < -0.4 is 22.7 Å². The lowest BCUT2D eigenvalue weighted by Gasteiger charge is -2.10. The minimum absolute atomic E-state index is 0.356. The third-order valence-corrected chi connectivity index (χ3v) is 3.47. The van der Waals surface area contributed by atoms with E-state index in [0.29, 0.717) is 23.7 Å². The molecule has 3 aromatic rings. The van der Waals surface area contributed by atoms with Gasteiger partial charge in [-0.25, -0.2) is 20.5 Å². The minimum Gasteiger partial charge on any atom is -0.395 e. The molecule has 118 valence electrons. The van der Waals surface area contributed by atoms with E-state index in [9.17, 15) is 0 Å². The molecule has 0 aromatic carbocycles. The smallest absolute Gasteiger partial charge is 0.165 e. The molecule has 0 unspecified atom stereocenters. The Morgan fingerprint density at radius 2 is 2.09 bits per heavy atom. The van der Waals surface area contributed by atoms with Crippen LogP contribution in [0.5, 0.6) is 0 Å². The van der Waals surface area contributed by atoms with Crippen LogP contribution in [-0.4, -0.2) is 19.7 Å². The SMILES string of the molecule is Cc1ccnc(-n2cc(Cc3cc(N)nc(NN)c3N)cn2)c1. The second-order valence-electron chi connectivity index (χ2n) is 5.27. The van der Waals surface area contributed by atoms with Crippen LogP contribution in [0.4, 0.5) is 17.3 Å². The van der Waals surface area contributed by atoms with Gasteiger partial charge >= 0.3 is 0 Å². The van der Waals surface area contributed by atoms with Crippen molar-refractivity contribution in [3.63, 3.8) is 0 Å². The molecule has 23 heavy (non-hydrogen) atoms. The van der Waals surface area contributed by atoms with Gasteiger partial charge in [0.05, 0.1) is 11.9 Å². The van der Waals surface area contributed by atoms with Crippen LogP contribution in [-0.2, 0) is 6.42 Å². The van der Waals surface area contributed by atoms with Crippen molar-refractivity contribution in [3.05, 3.63) is 53.5 Å². The molecule has 0 fully saturated rings. The number of aryl methyl sites for hydroxylation is 1. The van der Waals surface area contributed by atoms with E-state index in [-0.39, 0.29) is 0 Å². The first-order chi connectivity index (χ1) is 11.1. The van der Waals surface area contributed by atoms with Gasteiger partial charge in [-0.1, -0.05) is 0 Å². The van der Waals surface area contributed by atoms with Crippen LogP contribution in [0.1, 0.15) is 16.7 Å². The Kier molecular flexibility index (Phi) is 3.82. The van der Waals surface area contributed by atoms with Gasteiger partial charge in [0, 0.05) is 18.8 Å². The molecule has 0 saturated carbocycles. The van der Waals surface area contributed by atoms with E-state index in [1.807, 2.05) is 25.3 Å². The highest BCUT2D eigenvalue weighted by Gasteiger charge is 2.10. The standard InChI is InChI=1S/C15H18N8/c1-9-2-3-19-13(4-9)23-8-10(7-20-23)5-11-6-12(16)21-15(22-18)14(11)17/h2-4,6-8H,5,17-18H2,1H3,(H3,16,21,22). The largest absolute Gasteiger partial charge is 0.395 e. The van der Waals surface area contributed by atoms with Crippen molar-refractivity contribution < 1.29 is 0 Å². The molecule has 0 radical (unpaired) electrons. The van der Waals surface area contributed by atoms with Gasteiger partial charge < -0.3 is 16.9 Å². The Labute approximate surface area is 133 Å². The molecular formula is C15H18N8. The summed E-state index contributed by atoms with van der Waals surface area (Å²) in [5, 5.41) is 4.34. The van der Waals surface area contributed by atoms with E-state index < -0.39 is 0 Å². The van der Waals surface area contributed by atoms with Crippen molar-refractivity contribution in [2.24, 2.45) is 5.84 Å². The van der Waals surface area contributed by atoms with Gasteiger partial charge in [-0.05, 0) is 41.8 Å². The number of nitrogens with two attached hydrogens (primary N) is 3. The number of nitrogens with zero attached hydrogens (tertiary/aromatic N) is 4. The van der Waals surface area contributed by atoms with Crippen molar-refractivity contribution >= 4 is 17.3 Å². The highest BCUT2D eigenvalue weighted by Crippen LogP contribution is 2.24. The van der Waals surface area contributed by atoms with Crippen LogP contribution >= 0.6 is 0 Å². The molecule has 3 aromatic heterocycles. The summed E-state index contributed by atoms with van der Waals surface area (Å²) < 4.78 is 1.73. The number of hydrogen-bond donors (Lipinski definition) is 4. The first-order valence-electron chi connectivity index (χ1n) is 7.05. The lowest BCUT2D eigenvalue weighted by Crippen LogP contribution is -2.13. The lowest BCUT2D eigenvalue weighted by atomic mass is 10.1. The fraction of sp³-hybridized carbons (Fsp3) is 0.133. The number of anilines is 3. The van der Waals surface area contributed by atoms with E-state index in [2.05, 4.69) is 20.5 Å². The van der Waals surface area contributed by atoms with E-state index in [4.69, 9.17) is 17.3 Å². The van der Waals surface area contributed by atoms with Gasteiger partial charge in [-0.3, -0.25) is 0 Å². The van der Waals surface area contributed by atoms with Crippen LogP contribution in [0, 0.1) is 6.92 Å². The van der Waals surface area contributed by atoms with E-state index in [1.54, 1.807) is 23.1 Å². The molecule has 0 amide bonds. The number of pyridine rings is 2. The van der Waals surface area contributed by atoms with Gasteiger partial charge in [0.2, 0.25) is 0 Å². The van der Waals surface area contributed by atoms with Gasteiger partial charge in [-0.15, -0.1) is 0 Å². The van der Waals surface area contributed by atoms with E-state index in [1.165, 1.54) is 0 Å². The Bertz CT molecular complexity index is 839. The lowest BCUT2D eigenvalue weighted by molar-refractivity contribution is 0.844. The predicted molar refractivity (Wildman–Crippen MR) is 89.8 cm³/mol. The fourth-order valence-corrected chi connectivity index (χ4v) is 2.33. The molecule has 8 nitrogen and oxygen atoms in total. The third-order valence-electron chi connectivity index (χ3n) is 3.47. The number of aromatic nitrogens is 4. The molecule has 0 bridgehead atoms. The summed E-state index contributed by atoms with van der Waals surface area (Å²) >= 11 is 0. The first-order valence-corrected chi connectivity index (χ1v) is 7.05. The zero-order valence-corrected chi connectivity index (χ0v) is 12.7. The third kappa shape index (κ3) is 3.06. The molecule has 7 N–H and O–H groups in total. The Hall–Kier alpha value is -3.13. The minimum atomic E-state index is 0.356. The molecule has 0 atom stereocenters. The maximum absolute atomic E-state index is 6.05. The Morgan fingerprint density at radius 3 is 2.83 bits per heavy atom. The van der Waals surface area contributed by atoms with Crippen molar-refractivity contribution in [1.82, 2.24) is 19.7 Å². The summed E-state index contributed by atoms with van der Waals surface area (Å²) in [6.07, 6.45) is 6.01. The van der Waals surface area contributed by atoms with E-state index in [0.717, 1.165) is 22.5 Å². The Balaban J connectivity index is 1.89.